The maximum atomic E-state index is 12.1. The van der Waals surface area contributed by atoms with Gasteiger partial charge in [0.25, 0.3) is 9.05 Å². The molecule has 0 aliphatic heterocycles. The van der Waals surface area contributed by atoms with Crippen LogP contribution in [0.2, 0.25) is 10.0 Å². The second-order valence-corrected chi connectivity index (χ2v) is 8.40. The third-order valence-corrected chi connectivity index (χ3v) is 4.68. The highest BCUT2D eigenvalue weighted by Gasteiger charge is 2.24. The summed E-state index contributed by atoms with van der Waals surface area (Å²) in [5.41, 5.74) is -0.126. The molecule has 4 nitrogen and oxygen atoms in total. The minimum absolute atomic E-state index is 0.0297. The second kappa shape index (κ2) is 7.18. The van der Waals surface area contributed by atoms with Crippen LogP contribution in [-0.4, -0.2) is 20.5 Å². The van der Waals surface area contributed by atoms with Crippen molar-refractivity contribution in [3.63, 3.8) is 0 Å². The largest absolute Gasteiger partial charge is 0.459 e. The van der Waals surface area contributed by atoms with Gasteiger partial charge in [0.1, 0.15) is 4.90 Å². The molecule has 0 fully saturated rings. The van der Waals surface area contributed by atoms with Gasteiger partial charge in [0.2, 0.25) is 0 Å². The number of halogens is 3. The first kappa shape index (κ1) is 18.6. The minimum atomic E-state index is -4.11. The quantitative estimate of drug-likeness (QED) is 0.562. The minimum Gasteiger partial charge on any atom is -0.459 e. The van der Waals surface area contributed by atoms with Crippen molar-refractivity contribution in [3.8, 4) is 0 Å². The Balaban J connectivity index is 3.14. The lowest BCUT2D eigenvalue weighted by Gasteiger charge is -2.16. The molecule has 0 radical (unpaired) electrons. The van der Waals surface area contributed by atoms with Gasteiger partial charge < -0.3 is 4.74 Å². The number of hydrogen-bond acceptors (Lipinski definition) is 4. The molecule has 0 saturated carbocycles. The summed E-state index contributed by atoms with van der Waals surface area (Å²) in [6.07, 6.45) is 0.341. The molecule has 0 aliphatic rings. The fraction of sp³-hybridized carbons (Fsp3) is 0.462. The van der Waals surface area contributed by atoms with Crippen LogP contribution in [0.1, 0.15) is 37.6 Å². The topological polar surface area (TPSA) is 60.4 Å². The zero-order chi connectivity index (χ0) is 16.4. The van der Waals surface area contributed by atoms with Gasteiger partial charge in [0.15, 0.2) is 0 Å². The first-order chi connectivity index (χ1) is 9.52. The maximum Gasteiger partial charge on any atom is 0.340 e. The molecule has 0 amide bonds. The van der Waals surface area contributed by atoms with E-state index in [0.29, 0.717) is 12.3 Å². The molecule has 21 heavy (non-hydrogen) atoms. The van der Waals surface area contributed by atoms with E-state index >= 15 is 0 Å². The van der Waals surface area contributed by atoms with Crippen LogP contribution in [0, 0.1) is 5.92 Å². The van der Waals surface area contributed by atoms with Crippen LogP contribution in [0.15, 0.2) is 17.0 Å². The van der Waals surface area contributed by atoms with E-state index in [1.165, 1.54) is 6.07 Å². The summed E-state index contributed by atoms with van der Waals surface area (Å²) >= 11 is 11.7. The van der Waals surface area contributed by atoms with Crippen molar-refractivity contribution in [1.82, 2.24) is 0 Å². The normalized spacial score (nSPS) is 13.3. The van der Waals surface area contributed by atoms with Crippen molar-refractivity contribution in [2.45, 2.75) is 38.2 Å². The highest BCUT2D eigenvalue weighted by molar-refractivity contribution is 8.13. The Morgan fingerprint density at radius 1 is 1.24 bits per heavy atom. The SMILES string of the molecule is CC(C)CC(C)OC(=O)c1cc(Cl)cc(S(=O)(=O)Cl)c1Cl. The van der Waals surface area contributed by atoms with Gasteiger partial charge in [-0.15, -0.1) is 0 Å². The summed E-state index contributed by atoms with van der Waals surface area (Å²) in [5, 5.41) is -0.266. The smallest absolute Gasteiger partial charge is 0.340 e. The van der Waals surface area contributed by atoms with Crippen LogP contribution in [-0.2, 0) is 13.8 Å². The van der Waals surface area contributed by atoms with Gasteiger partial charge in [-0.05, 0) is 31.4 Å². The van der Waals surface area contributed by atoms with Crippen LogP contribution < -0.4 is 0 Å². The van der Waals surface area contributed by atoms with Crippen LogP contribution in [0.4, 0.5) is 0 Å². The summed E-state index contributed by atoms with van der Waals surface area (Å²) < 4.78 is 28.1. The molecule has 1 unspecified atom stereocenters. The van der Waals surface area contributed by atoms with Gasteiger partial charge in [0, 0.05) is 15.7 Å². The van der Waals surface area contributed by atoms with Gasteiger partial charge in [-0.3, -0.25) is 0 Å². The average molecular weight is 374 g/mol. The third-order valence-electron chi connectivity index (χ3n) is 2.60. The summed E-state index contributed by atoms with van der Waals surface area (Å²) in [6.45, 7) is 5.74. The van der Waals surface area contributed by atoms with Crippen molar-refractivity contribution < 1.29 is 17.9 Å². The Hall–Kier alpha value is -0.490. The van der Waals surface area contributed by atoms with Gasteiger partial charge in [-0.1, -0.05) is 37.0 Å². The Labute approximate surface area is 138 Å². The second-order valence-electron chi connectivity index (χ2n) is 5.05. The van der Waals surface area contributed by atoms with Gasteiger partial charge in [-0.2, -0.15) is 0 Å². The Morgan fingerprint density at radius 3 is 2.29 bits per heavy atom. The molecular weight excluding hydrogens is 359 g/mol. The molecule has 0 saturated heterocycles. The molecule has 118 valence electrons. The van der Waals surface area contributed by atoms with Crippen LogP contribution in [0.3, 0.4) is 0 Å². The van der Waals surface area contributed by atoms with Crippen molar-refractivity contribution in [3.05, 3.63) is 27.7 Å². The van der Waals surface area contributed by atoms with Crippen molar-refractivity contribution in [2.75, 3.05) is 0 Å². The van der Waals surface area contributed by atoms with Gasteiger partial charge >= 0.3 is 5.97 Å². The van der Waals surface area contributed by atoms with Gasteiger partial charge in [0.05, 0.1) is 16.7 Å². The molecular formula is C13H15Cl3O4S. The van der Waals surface area contributed by atoms with E-state index in [1.807, 2.05) is 13.8 Å². The van der Waals surface area contributed by atoms with E-state index in [4.69, 9.17) is 38.6 Å². The molecule has 8 heteroatoms. The Kier molecular flexibility index (Phi) is 6.35. The molecule has 1 aromatic rings. The Bertz CT molecular complexity index is 641. The molecule has 0 bridgehead atoms. The fourth-order valence-electron chi connectivity index (χ4n) is 1.85. The van der Waals surface area contributed by atoms with Crippen LogP contribution in [0.5, 0.6) is 0 Å². The molecule has 0 aliphatic carbocycles. The molecule has 0 N–H and O–H groups in total. The lowest BCUT2D eigenvalue weighted by Crippen LogP contribution is -2.17. The molecule has 0 heterocycles. The standard InChI is InChI=1S/C13H15Cl3O4S/c1-7(2)4-8(3)20-13(17)10-5-9(14)6-11(12(10)15)21(16,18)19/h5-8H,4H2,1-3H3. The third kappa shape index (κ3) is 5.33. The highest BCUT2D eigenvalue weighted by atomic mass is 35.7. The molecule has 1 atom stereocenters. The monoisotopic (exact) mass is 372 g/mol. The van der Waals surface area contributed by atoms with E-state index in [0.717, 1.165) is 6.07 Å². The van der Waals surface area contributed by atoms with E-state index in [2.05, 4.69) is 0 Å². The Morgan fingerprint density at radius 2 is 1.81 bits per heavy atom. The highest BCUT2D eigenvalue weighted by Crippen LogP contribution is 2.32. The predicted octanol–water partition coefficient (Wildman–Crippen LogP) is 4.51. The number of carbonyl (C=O) groups excluding carboxylic acids is 1. The molecule has 1 rings (SSSR count). The number of hydrogen-bond donors (Lipinski definition) is 0. The fourth-order valence-corrected chi connectivity index (χ4v) is 3.70. The number of rotatable bonds is 5. The summed E-state index contributed by atoms with van der Waals surface area (Å²) in [7, 11) is 1.15. The average Bonchev–Trinajstić information content (AvgIpc) is 2.28. The van der Waals surface area contributed by atoms with Gasteiger partial charge in [-0.25, -0.2) is 13.2 Å². The summed E-state index contributed by atoms with van der Waals surface area (Å²) in [5.74, 6) is -0.390. The zero-order valence-electron chi connectivity index (χ0n) is 11.7. The molecule has 0 aromatic heterocycles. The first-order valence-corrected chi connectivity index (χ1v) is 9.23. The lowest BCUT2D eigenvalue weighted by atomic mass is 10.1. The maximum absolute atomic E-state index is 12.1. The van der Waals surface area contributed by atoms with E-state index < -0.39 is 19.9 Å². The lowest BCUT2D eigenvalue weighted by molar-refractivity contribution is 0.0299. The zero-order valence-corrected chi connectivity index (χ0v) is 14.8. The predicted molar refractivity (Wildman–Crippen MR) is 83.8 cm³/mol. The van der Waals surface area contributed by atoms with Crippen molar-refractivity contribution in [2.24, 2.45) is 5.92 Å². The summed E-state index contributed by atoms with van der Waals surface area (Å²) in [4.78, 5) is 11.7. The van der Waals surface area contributed by atoms with Crippen LogP contribution >= 0.6 is 33.9 Å². The number of esters is 1. The number of carbonyl (C=O) groups is 1. The van der Waals surface area contributed by atoms with Crippen molar-refractivity contribution >= 4 is 48.9 Å². The number of ether oxygens (including phenoxy) is 1. The summed E-state index contributed by atoms with van der Waals surface area (Å²) in [6, 6.07) is 2.33. The molecule has 0 spiro atoms. The van der Waals surface area contributed by atoms with Crippen LogP contribution in [0.25, 0.3) is 0 Å². The van der Waals surface area contributed by atoms with E-state index in [9.17, 15) is 13.2 Å². The van der Waals surface area contributed by atoms with Crippen molar-refractivity contribution in [1.29, 1.82) is 0 Å². The number of benzene rings is 1. The van der Waals surface area contributed by atoms with E-state index in [-0.39, 0.29) is 21.7 Å². The molecule has 1 aromatic carbocycles. The van der Waals surface area contributed by atoms with E-state index in [1.54, 1.807) is 6.92 Å². The first-order valence-electron chi connectivity index (χ1n) is 6.17.